The summed E-state index contributed by atoms with van der Waals surface area (Å²) in [6.45, 7) is 5.31. The average Bonchev–Trinajstić information content (AvgIpc) is 2.27. The lowest BCUT2D eigenvalue weighted by Crippen LogP contribution is -2.12. The number of hydrogen-bond acceptors (Lipinski definition) is 4. The first-order valence-electron chi connectivity index (χ1n) is 4.44. The first-order chi connectivity index (χ1) is 7.06. The fourth-order valence-electron chi connectivity index (χ4n) is 1.08. The van der Waals surface area contributed by atoms with E-state index in [1.807, 2.05) is 6.92 Å². The third kappa shape index (κ3) is 2.63. The number of aliphatic hydroxyl groups is 1. The second-order valence-corrected chi connectivity index (χ2v) is 3.15. The van der Waals surface area contributed by atoms with Crippen LogP contribution in [0.1, 0.15) is 17.4 Å². The predicted molar refractivity (Wildman–Crippen MR) is 55.1 cm³/mol. The van der Waals surface area contributed by atoms with E-state index in [1.54, 1.807) is 12.1 Å². The number of aliphatic hydroxyl groups excluding tert-OH is 1. The molecule has 1 rings (SSSR count). The largest absolute Gasteiger partial charge is 0.466 e. The minimum atomic E-state index is -1.06. The van der Waals surface area contributed by atoms with Crippen molar-refractivity contribution in [1.29, 1.82) is 0 Å². The van der Waals surface area contributed by atoms with E-state index in [-0.39, 0.29) is 5.57 Å². The summed E-state index contributed by atoms with van der Waals surface area (Å²) in [6.07, 6.45) is 0.444. The van der Waals surface area contributed by atoms with Crippen LogP contribution in [-0.2, 0) is 9.53 Å². The lowest BCUT2D eigenvalue weighted by molar-refractivity contribution is -0.137. The number of nitrogens with zero attached hydrogens (tertiary/aromatic N) is 1. The van der Waals surface area contributed by atoms with Crippen molar-refractivity contribution in [2.24, 2.45) is 0 Å². The Kier molecular flexibility index (Phi) is 3.57. The molecule has 1 aromatic heterocycles. The van der Waals surface area contributed by atoms with E-state index in [0.717, 1.165) is 5.69 Å². The van der Waals surface area contributed by atoms with Crippen molar-refractivity contribution in [2.75, 3.05) is 7.11 Å². The molecule has 0 aliphatic carbocycles. The van der Waals surface area contributed by atoms with E-state index in [9.17, 15) is 9.90 Å². The molecule has 0 amide bonds. The Balaban J connectivity index is 2.85. The number of hydrogen-bond donors (Lipinski definition) is 1. The van der Waals surface area contributed by atoms with Crippen molar-refractivity contribution in [3.8, 4) is 0 Å². The summed E-state index contributed by atoms with van der Waals surface area (Å²) < 4.78 is 4.46. The first kappa shape index (κ1) is 11.4. The van der Waals surface area contributed by atoms with Crippen LogP contribution in [0.3, 0.4) is 0 Å². The average molecular weight is 207 g/mol. The van der Waals surface area contributed by atoms with Crippen LogP contribution in [0.2, 0.25) is 0 Å². The monoisotopic (exact) mass is 207 g/mol. The molecular weight excluding hydrogens is 194 g/mol. The molecule has 0 saturated heterocycles. The molecule has 80 valence electrons. The maximum absolute atomic E-state index is 11.1. The highest BCUT2D eigenvalue weighted by atomic mass is 16.5. The van der Waals surface area contributed by atoms with Gasteiger partial charge in [-0.1, -0.05) is 12.6 Å². The topological polar surface area (TPSA) is 59.4 Å². The minimum absolute atomic E-state index is 0.00292. The zero-order valence-corrected chi connectivity index (χ0v) is 8.73. The van der Waals surface area contributed by atoms with Gasteiger partial charge in [0.05, 0.1) is 12.7 Å². The summed E-state index contributed by atoms with van der Waals surface area (Å²) in [4.78, 5) is 15.1. The molecule has 0 spiro atoms. The highest BCUT2D eigenvalue weighted by Gasteiger charge is 2.18. The van der Waals surface area contributed by atoms with Crippen molar-refractivity contribution < 1.29 is 14.6 Å². The number of esters is 1. The number of aryl methyl sites for hydroxylation is 1. The van der Waals surface area contributed by atoms with E-state index < -0.39 is 12.1 Å². The summed E-state index contributed by atoms with van der Waals surface area (Å²) >= 11 is 0. The Hall–Kier alpha value is -1.68. The maximum Gasteiger partial charge on any atom is 0.336 e. The van der Waals surface area contributed by atoms with E-state index in [2.05, 4.69) is 16.3 Å². The van der Waals surface area contributed by atoms with E-state index >= 15 is 0 Å². The molecule has 1 aromatic rings. The van der Waals surface area contributed by atoms with Gasteiger partial charge in [0.25, 0.3) is 0 Å². The van der Waals surface area contributed by atoms with Crippen LogP contribution in [0, 0.1) is 6.92 Å². The van der Waals surface area contributed by atoms with Crippen LogP contribution in [0.4, 0.5) is 0 Å². The summed E-state index contributed by atoms with van der Waals surface area (Å²) in [7, 11) is 1.24. The van der Waals surface area contributed by atoms with Crippen molar-refractivity contribution >= 4 is 5.97 Å². The van der Waals surface area contributed by atoms with Crippen LogP contribution in [0.25, 0.3) is 0 Å². The Morgan fingerprint density at radius 3 is 2.73 bits per heavy atom. The van der Waals surface area contributed by atoms with Gasteiger partial charge in [0.15, 0.2) is 0 Å². The molecule has 0 aliphatic heterocycles. The molecule has 4 heteroatoms. The number of carbonyl (C=O) groups excluding carboxylic acids is 1. The number of aromatic nitrogens is 1. The van der Waals surface area contributed by atoms with Crippen molar-refractivity contribution in [3.05, 3.63) is 41.7 Å². The molecule has 0 bridgehead atoms. The van der Waals surface area contributed by atoms with Gasteiger partial charge in [-0.25, -0.2) is 4.79 Å². The smallest absolute Gasteiger partial charge is 0.336 e. The highest BCUT2D eigenvalue weighted by molar-refractivity contribution is 5.88. The Labute approximate surface area is 88.2 Å². The first-order valence-corrected chi connectivity index (χ1v) is 4.44. The number of methoxy groups -OCH3 is 1. The highest BCUT2D eigenvalue weighted by Crippen LogP contribution is 2.20. The standard InChI is InChI=1S/C11H13NO3/c1-7-4-5-9(6-12-7)10(13)8(2)11(14)15-3/h4-6,10,13H,2H2,1,3H3. The third-order valence-corrected chi connectivity index (χ3v) is 2.03. The minimum Gasteiger partial charge on any atom is -0.466 e. The molecule has 0 aliphatic rings. The molecule has 0 fully saturated rings. The number of rotatable bonds is 3. The Bertz CT molecular complexity index is 370. The summed E-state index contributed by atoms with van der Waals surface area (Å²) in [5.41, 5.74) is 1.37. The summed E-state index contributed by atoms with van der Waals surface area (Å²) in [5, 5.41) is 9.74. The van der Waals surface area contributed by atoms with Gasteiger partial charge in [0, 0.05) is 17.5 Å². The van der Waals surface area contributed by atoms with Crippen LogP contribution >= 0.6 is 0 Å². The molecule has 0 radical (unpaired) electrons. The molecule has 0 aromatic carbocycles. The molecule has 1 unspecified atom stereocenters. The summed E-state index contributed by atoms with van der Waals surface area (Å²) in [6, 6.07) is 3.45. The van der Waals surface area contributed by atoms with Gasteiger partial charge in [-0.15, -0.1) is 0 Å². The van der Waals surface area contributed by atoms with Gasteiger partial charge in [0.2, 0.25) is 0 Å². The Morgan fingerprint density at radius 1 is 1.60 bits per heavy atom. The lowest BCUT2D eigenvalue weighted by atomic mass is 10.0. The Morgan fingerprint density at radius 2 is 2.27 bits per heavy atom. The molecule has 0 saturated carbocycles. The van der Waals surface area contributed by atoms with Crippen LogP contribution < -0.4 is 0 Å². The molecule has 1 heterocycles. The van der Waals surface area contributed by atoms with Crippen LogP contribution in [0.15, 0.2) is 30.5 Å². The third-order valence-electron chi connectivity index (χ3n) is 2.03. The van der Waals surface area contributed by atoms with Crippen LogP contribution in [-0.4, -0.2) is 23.2 Å². The quantitative estimate of drug-likeness (QED) is 0.596. The van der Waals surface area contributed by atoms with Gasteiger partial charge < -0.3 is 9.84 Å². The molecule has 1 N–H and O–H groups in total. The van der Waals surface area contributed by atoms with E-state index in [1.165, 1.54) is 13.3 Å². The van der Waals surface area contributed by atoms with Crippen molar-refractivity contribution in [3.63, 3.8) is 0 Å². The number of ether oxygens (including phenoxy) is 1. The molecular formula is C11H13NO3. The van der Waals surface area contributed by atoms with Crippen molar-refractivity contribution in [2.45, 2.75) is 13.0 Å². The van der Waals surface area contributed by atoms with Gasteiger partial charge in [-0.2, -0.15) is 0 Å². The normalized spacial score (nSPS) is 11.9. The van der Waals surface area contributed by atoms with Gasteiger partial charge in [-0.05, 0) is 13.0 Å². The predicted octanol–water partition coefficient (Wildman–Crippen LogP) is 1.15. The second-order valence-electron chi connectivity index (χ2n) is 3.15. The van der Waals surface area contributed by atoms with Crippen LogP contribution in [0.5, 0.6) is 0 Å². The molecule has 1 atom stereocenters. The maximum atomic E-state index is 11.1. The number of carbonyl (C=O) groups is 1. The SMILES string of the molecule is C=C(C(=O)OC)C(O)c1ccc(C)nc1. The van der Waals surface area contributed by atoms with E-state index in [0.29, 0.717) is 5.56 Å². The van der Waals surface area contributed by atoms with Gasteiger partial charge in [-0.3, -0.25) is 4.98 Å². The molecule has 15 heavy (non-hydrogen) atoms. The zero-order valence-electron chi connectivity index (χ0n) is 8.73. The zero-order chi connectivity index (χ0) is 11.4. The fraction of sp³-hybridized carbons (Fsp3) is 0.273. The van der Waals surface area contributed by atoms with Gasteiger partial charge in [0.1, 0.15) is 6.10 Å². The second kappa shape index (κ2) is 4.70. The fourth-order valence-corrected chi connectivity index (χ4v) is 1.08. The van der Waals surface area contributed by atoms with Gasteiger partial charge >= 0.3 is 5.97 Å². The lowest BCUT2D eigenvalue weighted by Gasteiger charge is -2.11. The number of pyridine rings is 1. The van der Waals surface area contributed by atoms with Crippen molar-refractivity contribution in [1.82, 2.24) is 4.98 Å². The molecule has 4 nitrogen and oxygen atoms in total. The van der Waals surface area contributed by atoms with E-state index in [4.69, 9.17) is 0 Å². The summed E-state index contributed by atoms with van der Waals surface area (Å²) in [5.74, 6) is -0.622.